The van der Waals surface area contributed by atoms with E-state index in [-0.39, 0.29) is 23.9 Å². The summed E-state index contributed by atoms with van der Waals surface area (Å²) >= 11 is 4.74. The van der Waals surface area contributed by atoms with Crippen molar-refractivity contribution in [2.75, 3.05) is 18.5 Å². The second-order valence-corrected chi connectivity index (χ2v) is 8.06. The van der Waals surface area contributed by atoms with Crippen molar-refractivity contribution in [3.05, 3.63) is 45.1 Å². The van der Waals surface area contributed by atoms with Crippen LogP contribution in [0.5, 0.6) is 5.75 Å². The van der Waals surface area contributed by atoms with E-state index in [4.69, 9.17) is 9.47 Å². The number of nitrogens with zero attached hydrogens (tertiary/aromatic N) is 2. The molecule has 0 saturated carbocycles. The molecular formula is C17H15BrF3N3O4S. The fraction of sp³-hybridized carbons (Fsp3) is 0.294. The Hall–Kier alpha value is -2.31. The van der Waals surface area contributed by atoms with E-state index in [0.29, 0.717) is 11.5 Å². The van der Waals surface area contributed by atoms with Crippen molar-refractivity contribution in [3.8, 4) is 5.75 Å². The first-order chi connectivity index (χ1) is 13.7. The van der Waals surface area contributed by atoms with E-state index in [1.807, 2.05) is 6.07 Å². The van der Waals surface area contributed by atoms with E-state index in [1.165, 1.54) is 23.5 Å². The summed E-state index contributed by atoms with van der Waals surface area (Å²) in [5.74, 6) is -0.156. The minimum atomic E-state index is -4.78. The molecule has 1 aromatic heterocycles. The lowest BCUT2D eigenvalue weighted by Gasteiger charge is -2.29. The number of carbonyl (C=O) groups is 1. The first-order valence-electron chi connectivity index (χ1n) is 8.30. The molecule has 2 amide bonds. The van der Waals surface area contributed by atoms with E-state index in [2.05, 4.69) is 31.1 Å². The smallest absolute Gasteiger partial charge is 0.444 e. The predicted octanol–water partition coefficient (Wildman–Crippen LogP) is 5.00. The number of carbonyl (C=O) groups excluding carboxylic acids is 1. The summed E-state index contributed by atoms with van der Waals surface area (Å²) in [7, 11) is 0. The van der Waals surface area contributed by atoms with Gasteiger partial charge in [-0.05, 0) is 59.3 Å². The fourth-order valence-electron chi connectivity index (χ4n) is 2.34. The van der Waals surface area contributed by atoms with Gasteiger partial charge in [0.25, 0.3) is 5.90 Å². The SMILES string of the molecule is CCOC1CN(C(=O)Nc2ccc(OC(F)(F)F)cc2)N=C(c2ccc(Br)s2)O1. The largest absolute Gasteiger partial charge is 0.573 e. The van der Waals surface area contributed by atoms with Gasteiger partial charge in [0.1, 0.15) is 12.3 Å². The summed E-state index contributed by atoms with van der Waals surface area (Å²) in [5, 5.41) is 7.93. The van der Waals surface area contributed by atoms with Crippen LogP contribution in [-0.2, 0) is 9.47 Å². The van der Waals surface area contributed by atoms with Gasteiger partial charge in [-0.3, -0.25) is 0 Å². The third-order valence-corrected chi connectivity index (χ3v) is 5.10. The first kappa shape index (κ1) is 21.4. The summed E-state index contributed by atoms with van der Waals surface area (Å²) in [4.78, 5) is 13.3. The molecule has 7 nitrogen and oxygen atoms in total. The minimum absolute atomic E-state index is 0.0466. The summed E-state index contributed by atoms with van der Waals surface area (Å²) in [5.41, 5.74) is 0.277. The lowest BCUT2D eigenvalue weighted by Crippen LogP contribution is -2.44. The van der Waals surface area contributed by atoms with Gasteiger partial charge in [0.15, 0.2) is 0 Å². The Morgan fingerprint density at radius 1 is 1.34 bits per heavy atom. The maximum Gasteiger partial charge on any atom is 0.573 e. The van der Waals surface area contributed by atoms with Crippen LogP contribution in [-0.4, -0.2) is 42.7 Å². The number of nitrogens with one attached hydrogen (secondary N) is 1. The molecule has 29 heavy (non-hydrogen) atoms. The highest BCUT2D eigenvalue weighted by Crippen LogP contribution is 2.26. The fourth-order valence-corrected chi connectivity index (χ4v) is 3.66. The zero-order valence-electron chi connectivity index (χ0n) is 14.9. The van der Waals surface area contributed by atoms with E-state index >= 15 is 0 Å². The lowest BCUT2D eigenvalue weighted by molar-refractivity contribution is -0.274. The average molecular weight is 494 g/mol. The minimum Gasteiger partial charge on any atom is -0.444 e. The van der Waals surface area contributed by atoms with Crippen molar-refractivity contribution in [1.82, 2.24) is 5.01 Å². The van der Waals surface area contributed by atoms with E-state index < -0.39 is 18.7 Å². The van der Waals surface area contributed by atoms with Crippen LogP contribution >= 0.6 is 27.3 Å². The van der Waals surface area contributed by atoms with Gasteiger partial charge in [-0.2, -0.15) is 0 Å². The Morgan fingerprint density at radius 2 is 2.07 bits per heavy atom. The van der Waals surface area contributed by atoms with Crippen LogP contribution < -0.4 is 10.1 Å². The van der Waals surface area contributed by atoms with Gasteiger partial charge in [-0.25, -0.2) is 9.80 Å². The maximum absolute atomic E-state index is 12.6. The zero-order valence-corrected chi connectivity index (χ0v) is 17.3. The molecule has 1 aromatic carbocycles. The summed E-state index contributed by atoms with van der Waals surface area (Å²) in [6.45, 7) is 2.22. The van der Waals surface area contributed by atoms with Crippen LogP contribution in [0.3, 0.4) is 0 Å². The molecule has 2 aromatic rings. The summed E-state index contributed by atoms with van der Waals surface area (Å²) < 4.78 is 52.5. The number of hydrogen-bond donors (Lipinski definition) is 1. The van der Waals surface area contributed by atoms with Gasteiger partial charge in [0, 0.05) is 12.3 Å². The van der Waals surface area contributed by atoms with Crippen LogP contribution in [0, 0.1) is 0 Å². The molecule has 1 aliphatic rings. The van der Waals surface area contributed by atoms with Crippen LogP contribution in [0.25, 0.3) is 0 Å². The summed E-state index contributed by atoms with van der Waals surface area (Å²) in [6.07, 6.45) is -5.49. The van der Waals surface area contributed by atoms with Gasteiger partial charge in [0.05, 0.1) is 8.66 Å². The van der Waals surface area contributed by atoms with Gasteiger partial charge in [-0.1, -0.05) is 0 Å². The lowest BCUT2D eigenvalue weighted by atomic mass is 10.3. The van der Waals surface area contributed by atoms with Gasteiger partial charge < -0.3 is 19.5 Å². The highest BCUT2D eigenvalue weighted by Gasteiger charge is 2.31. The molecule has 156 valence electrons. The van der Waals surface area contributed by atoms with Crippen LogP contribution in [0.4, 0.5) is 23.7 Å². The molecule has 1 unspecified atom stereocenters. The summed E-state index contributed by atoms with van der Waals surface area (Å²) in [6, 6.07) is 7.81. The Balaban J connectivity index is 1.72. The number of rotatable bonds is 5. The quantitative estimate of drug-likeness (QED) is 0.636. The Labute approximate surface area is 176 Å². The first-order valence-corrected chi connectivity index (χ1v) is 9.91. The third kappa shape index (κ3) is 6.08. The molecule has 3 rings (SSSR count). The predicted molar refractivity (Wildman–Crippen MR) is 104 cm³/mol. The van der Waals surface area contributed by atoms with Gasteiger partial charge >= 0.3 is 12.4 Å². The number of hydrogen-bond acceptors (Lipinski definition) is 6. The number of urea groups is 1. The number of benzene rings is 1. The van der Waals surface area contributed by atoms with Crippen molar-refractivity contribution >= 4 is 44.9 Å². The Kier molecular flexibility index (Phi) is 6.65. The second-order valence-electron chi connectivity index (χ2n) is 5.60. The highest BCUT2D eigenvalue weighted by molar-refractivity contribution is 9.11. The molecule has 1 atom stereocenters. The van der Waals surface area contributed by atoms with Crippen LogP contribution in [0.15, 0.2) is 45.3 Å². The van der Waals surface area contributed by atoms with Crippen molar-refractivity contribution in [3.63, 3.8) is 0 Å². The number of ether oxygens (including phenoxy) is 3. The molecule has 1 aliphatic heterocycles. The third-order valence-electron chi connectivity index (χ3n) is 3.49. The number of alkyl halides is 3. The Bertz CT molecular complexity index is 889. The van der Waals surface area contributed by atoms with E-state index in [0.717, 1.165) is 20.9 Å². The van der Waals surface area contributed by atoms with Crippen molar-refractivity contribution in [2.45, 2.75) is 19.6 Å². The molecular weight excluding hydrogens is 479 g/mol. The van der Waals surface area contributed by atoms with Crippen molar-refractivity contribution in [1.29, 1.82) is 0 Å². The monoisotopic (exact) mass is 493 g/mol. The standard InChI is InChI=1S/C17H15BrF3N3O4S/c1-2-26-14-9-24(23-15(27-14)12-7-8-13(18)29-12)16(25)22-10-3-5-11(6-4-10)28-17(19,20)21/h3-8,14H,2,9H2,1H3,(H,22,25). The van der Waals surface area contributed by atoms with E-state index in [9.17, 15) is 18.0 Å². The van der Waals surface area contributed by atoms with Crippen molar-refractivity contribution < 1.29 is 32.2 Å². The molecule has 2 heterocycles. The number of thiophene rings is 1. The molecule has 0 radical (unpaired) electrons. The molecule has 1 N–H and O–H groups in total. The molecule has 0 spiro atoms. The number of halogens is 4. The Morgan fingerprint density at radius 3 is 2.66 bits per heavy atom. The molecule has 0 fully saturated rings. The van der Waals surface area contributed by atoms with E-state index in [1.54, 1.807) is 13.0 Å². The van der Waals surface area contributed by atoms with Gasteiger partial charge in [0.2, 0.25) is 6.29 Å². The normalized spacial score (nSPS) is 16.8. The highest BCUT2D eigenvalue weighted by atomic mass is 79.9. The molecule has 12 heteroatoms. The molecule has 0 bridgehead atoms. The zero-order chi connectivity index (χ0) is 21.0. The average Bonchev–Trinajstić information content (AvgIpc) is 3.09. The van der Waals surface area contributed by atoms with Crippen molar-refractivity contribution in [2.24, 2.45) is 5.10 Å². The number of amides is 2. The molecule has 0 aliphatic carbocycles. The van der Waals surface area contributed by atoms with Crippen LogP contribution in [0.2, 0.25) is 0 Å². The van der Waals surface area contributed by atoms with Gasteiger partial charge in [-0.15, -0.1) is 29.6 Å². The topological polar surface area (TPSA) is 72.4 Å². The second kappa shape index (κ2) is 9.01. The maximum atomic E-state index is 12.6. The number of anilines is 1. The van der Waals surface area contributed by atoms with Crippen LogP contribution in [0.1, 0.15) is 11.8 Å². The molecule has 0 saturated heterocycles. The number of hydrazone groups is 1.